The van der Waals surface area contributed by atoms with E-state index < -0.39 is 11.7 Å². The standard InChI is InChI=1S/C22H16BrClFN7O/c23-15-2-1-3-16(25)17(15)22(33)27-7-14-6-11-4-13(24)5-12(18(11)31-14)8-32-10-30-19-20(26)28-9-29-21(19)32/h1-6,9-10,31H,7-8H2,(H,27,33)(H2,26,28,29). The van der Waals surface area contributed by atoms with Gasteiger partial charge in [-0.1, -0.05) is 17.7 Å². The molecule has 0 atom stereocenters. The molecular formula is C22H16BrClFN7O. The lowest BCUT2D eigenvalue weighted by molar-refractivity contribution is 0.0945. The van der Waals surface area contributed by atoms with E-state index in [1.54, 1.807) is 12.4 Å². The van der Waals surface area contributed by atoms with Crippen molar-refractivity contribution in [1.29, 1.82) is 0 Å². The van der Waals surface area contributed by atoms with Crippen LogP contribution in [0.15, 0.2) is 53.5 Å². The summed E-state index contributed by atoms with van der Waals surface area (Å²) >= 11 is 9.58. The van der Waals surface area contributed by atoms with Gasteiger partial charge in [-0.3, -0.25) is 4.79 Å². The van der Waals surface area contributed by atoms with Gasteiger partial charge in [0.05, 0.1) is 30.5 Å². The maximum Gasteiger partial charge on any atom is 0.255 e. The van der Waals surface area contributed by atoms with E-state index in [1.807, 2.05) is 22.8 Å². The summed E-state index contributed by atoms with van der Waals surface area (Å²) in [7, 11) is 0. The van der Waals surface area contributed by atoms with Gasteiger partial charge in [0.15, 0.2) is 11.5 Å². The highest BCUT2D eigenvalue weighted by Gasteiger charge is 2.16. The first kappa shape index (κ1) is 21.4. The summed E-state index contributed by atoms with van der Waals surface area (Å²) in [5.74, 6) is -0.793. The van der Waals surface area contributed by atoms with Crippen molar-refractivity contribution in [2.24, 2.45) is 0 Å². The van der Waals surface area contributed by atoms with Crippen LogP contribution in [-0.2, 0) is 13.1 Å². The number of halogens is 3. The number of hydrogen-bond acceptors (Lipinski definition) is 5. The summed E-state index contributed by atoms with van der Waals surface area (Å²) in [5.41, 5.74) is 9.51. The molecule has 166 valence electrons. The highest BCUT2D eigenvalue weighted by Crippen LogP contribution is 2.27. The fourth-order valence-corrected chi connectivity index (χ4v) is 4.50. The molecular weight excluding hydrogens is 513 g/mol. The summed E-state index contributed by atoms with van der Waals surface area (Å²) < 4.78 is 16.3. The number of H-pyrrole nitrogens is 1. The molecule has 0 unspecified atom stereocenters. The zero-order valence-corrected chi connectivity index (χ0v) is 19.3. The highest BCUT2D eigenvalue weighted by molar-refractivity contribution is 9.10. The quantitative estimate of drug-likeness (QED) is 0.312. The molecule has 0 bridgehead atoms. The van der Waals surface area contributed by atoms with Crippen LogP contribution in [0.5, 0.6) is 0 Å². The van der Waals surface area contributed by atoms with Gasteiger partial charge in [0.2, 0.25) is 0 Å². The van der Waals surface area contributed by atoms with Crippen molar-refractivity contribution >= 4 is 61.3 Å². The molecule has 0 saturated heterocycles. The number of amides is 1. The number of nitrogens with zero attached hydrogens (tertiary/aromatic N) is 4. The number of aromatic nitrogens is 5. The molecule has 0 spiro atoms. The van der Waals surface area contributed by atoms with Gasteiger partial charge >= 0.3 is 0 Å². The first-order chi connectivity index (χ1) is 15.9. The van der Waals surface area contributed by atoms with Gasteiger partial charge in [0.1, 0.15) is 17.7 Å². The molecule has 3 heterocycles. The number of rotatable bonds is 5. The van der Waals surface area contributed by atoms with Crippen molar-refractivity contribution in [1.82, 2.24) is 29.8 Å². The van der Waals surface area contributed by atoms with Crippen LogP contribution >= 0.6 is 27.5 Å². The van der Waals surface area contributed by atoms with E-state index >= 15 is 0 Å². The maximum atomic E-state index is 14.1. The van der Waals surface area contributed by atoms with E-state index in [-0.39, 0.29) is 12.1 Å². The second-order valence-corrected chi connectivity index (χ2v) is 8.70. The molecule has 11 heteroatoms. The number of fused-ring (bicyclic) bond motifs is 2. The Morgan fingerprint density at radius 1 is 1.24 bits per heavy atom. The van der Waals surface area contributed by atoms with Crippen molar-refractivity contribution in [2.45, 2.75) is 13.1 Å². The molecule has 0 aliphatic rings. The molecule has 33 heavy (non-hydrogen) atoms. The van der Waals surface area contributed by atoms with Crippen LogP contribution in [0.3, 0.4) is 0 Å². The zero-order chi connectivity index (χ0) is 23.1. The van der Waals surface area contributed by atoms with Crippen LogP contribution in [-0.4, -0.2) is 30.4 Å². The minimum Gasteiger partial charge on any atom is -0.382 e. The third-order valence-corrected chi connectivity index (χ3v) is 6.11. The van der Waals surface area contributed by atoms with Gasteiger partial charge in [-0.15, -0.1) is 0 Å². The Kier molecular flexibility index (Phi) is 5.47. The molecule has 5 rings (SSSR count). The minimum absolute atomic E-state index is 0.0365. The van der Waals surface area contributed by atoms with Gasteiger partial charge in [-0.05, 0) is 51.8 Å². The molecule has 3 aromatic heterocycles. The van der Waals surface area contributed by atoms with Crippen LogP contribution in [0.2, 0.25) is 5.02 Å². The fourth-order valence-electron chi connectivity index (χ4n) is 3.73. The van der Waals surface area contributed by atoms with Gasteiger partial charge in [-0.2, -0.15) is 0 Å². The van der Waals surface area contributed by atoms with Crippen molar-refractivity contribution in [2.75, 3.05) is 5.73 Å². The van der Waals surface area contributed by atoms with Crippen molar-refractivity contribution in [3.63, 3.8) is 0 Å². The van der Waals surface area contributed by atoms with E-state index in [1.165, 1.54) is 18.5 Å². The van der Waals surface area contributed by atoms with Crippen LogP contribution < -0.4 is 11.1 Å². The first-order valence-corrected chi connectivity index (χ1v) is 11.0. The van der Waals surface area contributed by atoms with Crippen LogP contribution in [0.1, 0.15) is 21.6 Å². The molecule has 0 saturated carbocycles. The van der Waals surface area contributed by atoms with Crippen molar-refractivity contribution in [3.8, 4) is 0 Å². The Morgan fingerprint density at radius 2 is 2.09 bits per heavy atom. The Bertz CT molecular complexity index is 1510. The van der Waals surface area contributed by atoms with E-state index in [0.29, 0.717) is 33.0 Å². The average Bonchev–Trinajstić information content (AvgIpc) is 3.37. The summed E-state index contributed by atoms with van der Waals surface area (Å²) in [5, 5.41) is 4.20. The molecule has 0 aliphatic carbocycles. The maximum absolute atomic E-state index is 14.1. The summed E-state index contributed by atoms with van der Waals surface area (Å²) in [6.07, 6.45) is 3.05. The number of nitrogens with two attached hydrogens (primary N) is 1. The minimum atomic E-state index is -0.593. The molecule has 2 aromatic carbocycles. The molecule has 4 N–H and O–H groups in total. The second kappa shape index (κ2) is 8.45. The molecule has 5 aromatic rings. The number of nitrogens with one attached hydrogen (secondary N) is 2. The number of anilines is 1. The van der Waals surface area contributed by atoms with Crippen LogP contribution in [0, 0.1) is 5.82 Å². The van der Waals surface area contributed by atoms with E-state index in [9.17, 15) is 9.18 Å². The largest absolute Gasteiger partial charge is 0.382 e. The van der Waals surface area contributed by atoms with Crippen molar-refractivity contribution < 1.29 is 9.18 Å². The van der Waals surface area contributed by atoms with Gasteiger partial charge in [0, 0.05) is 20.6 Å². The molecule has 8 nitrogen and oxygen atoms in total. The van der Waals surface area contributed by atoms with E-state index in [0.717, 1.165) is 22.2 Å². The SMILES string of the molecule is Nc1ncnc2c1ncn2Cc1cc(Cl)cc2cc(CNC(=O)c3c(F)cccc3Br)[nH]c12. The Labute approximate surface area is 200 Å². The Morgan fingerprint density at radius 3 is 2.91 bits per heavy atom. The van der Waals surface area contributed by atoms with Gasteiger partial charge in [-0.25, -0.2) is 19.3 Å². The van der Waals surface area contributed by atoms with Gasteiger partial charge < -0.3 is 20.6 Å². The fraction of sp³-hybridized carbons (Fsp3) is 0.0909. The lowest BCUT2D eigenvalue weighted by atomic mass is 10.1. The first-order valence-electron chi connectivity index (χ1n) is 9.84. The average molecular weight is 529 g/mol. The zero-order valence-electron chi connectivity index (χ0n) is 16.9. The Balaban J connectivity index is 1.43. The number of benzene rings is 2. The summed E-state index contributed by atoms with van der Waals surface area (Å²) in [4.78, 5) is 28.4. The molecule has 0 aliphatic heterocycles. The third kappa shape index (κ3) is 4.03. The van der Waals surface area contributed by atoms with E-state index in [2.05, 4.69) is 41.2 Å². The molecule has 1 amide bonds. The lowest BCUT2D eigenvalue weighted by Crippen LogP contribution is -2.24. The van der Waals surface area contributed by atoms with Crippen LogP contribution in [0.4, 0.5) is 10.2 Å². The monoisotopic (exact) mass is 527 g/mol. The molecule has 0 fully saturated rings. The number of carbonyl (C=O) groups is 1. The highest BCUT2D eigenvalue weighted by atomic mass is 79.9. The number of carbonyl (C=O) groups excluding carboxylic acids is 1. The molecule has 0 radical (unpaired) electrons. The van der Waals surface area contributed by atoms with Gasteiger partial charge in [0.25, 0.3) is 5.91 Å². The number of imidazole rings is 1. The number of aromatic amines is 1. The topological polar surface area (TPSA) is 115 Å². The number of hydrogen-bond donors (Lipinski definition) is 3. The van der Waals surface area contributed by atoms with Crippen LogP contribution in [0.25, 0.3) is 22.1 Å². The Hall–Kier alpha value is -3.50. The normalized spacial score (nSPS) is 11.4. The predicted molar refractivity (Wildman–Crippen MR) is 127 cm³/mol. The summed E-state index contributed by atoms with van der Waals surface area (Å²) in [6.45, 7) is 0.627. The second-order valence-electron chi connectivity index (χ2n) is 7.41. The third-order valence-electron chi connectivity index (χ3n) is 5.23. The van der Waals surface area contributed by atoms with Crippen molar-refractivity contribution in [3.05, 3.63) is 81.2 Å². The predicted octanol–water partition coefficient (Wildman–Crippen LogP) is 4.42. The number of nitrogen functional groups attached to an aromatic ring is 1. The summed E-state index contributed by atoms with van der Waals surface area (Å²) in [6, 6.07) is 9.98. The van der Waals surface area contributed by atoms with E-state index in [4.69, 9.17) is 17.3 Å². The smallest absolute Gasteiger partial charge is 0.255 e. The lowest BCUT2D eigenvalue weighted by Gasteiger charge is -2.08.